The van der Waals surface area contributed by atoms with Crippen LogP contribution in [0.5, 0.6) is 0 Å². The van der Waals surface area contributed by atoms with Crippen LogP contribution >= 0.6 is 0 Å². The lowest BCUT2D eigenvalue weighted by Gasteiger charge is -2.28. The summed E-state index contributed by atoms with van der Waals surface area (Å²) in [6, 6.07) is 0.576. The van der Waals surface area contributed by atoms with Gasteiger partial charge in [0.15, 0.2) is 0 Å². The van der Waals surface area contributed by atoms with Gasteiger partial charge in [-0.2, -0.15) is 0 Å². The number of methoxy groups -OCH3 is 1. The molecule has 1 rings (SSSR count). The van der Waals surface area contributed by atoms with Gasteiger partial charge >= 0.3 is 0 Å². The third-order valence-corrected chi connectivity index (χ3v) is 3.77. The molecule has 15 heavy (non-hydrogen) atoms. The van der Waals surface area contributed by atoms with E-state index in [0.717, 1.165) is 25.8 Å². The standard InChI is InChI=1S/C12H25NO2/c1-4-12(2,9-14)8-13-10-5-6-11(7-10)15-3/h10-11,13-14H,4-9H2,1-3H3. The summed E-state index contributed by atoms with van der Waals surface area (Å²) in [4.78, 5) is 0. The van der Waals surface area contributed by atoms with Crippen LogP contribution in [0.3, 0.4) is 0 Å². The van der Waals surface area contributed by atoms with E-state index in [1.807, 2.05) is 0 Å². The van der Waals surface area contributed by atoms with Gasteiger partial charge in [0.05, 0.1) is 6.10 Å². The number of ether oxygens (including phenoxy) is 1. The Morgan fingerprint density at radius 3 is 2.67 bits per heavy atom. The van der Waals surface area contributed by atoms with E-state index >= 15 is 0 Å². The quantitative estimate of drug-likeness (QED) is 0.706. The Bertz CT molecular complexity index is 180. The van der Waals surface area contributed by atoms with Gasteiger partial charge in [-0.1, -0.05) is 13.8 Å². The molecule has 2 N–H and O–H groups in total. The monoisotopic (exact) mass is 215 g/mol. The molecule has 0 spiro atoms. The van der Waals surface area contributed by atoms with Crippen LogP contribution in [0.1, 0.15) is 39.5 Å². The summed E-state index contributed by atoms with van der Waals surface area (Å²) < 4.78 is 5.34. The summed E-state index contributed by atoms with van der Waals surface area (Å²) in [5, 5.41) is 12.8. The Kier molecular flexibility index (Phi) is 5.03. The van der Waals surface area contributed by atoms with E-state index < -0.39 is 0 Å². The van der Waals surface area contributed by atoms with E-state index in [4.69, 9.17) is 4.74 Å². The molecule has 0 aromatic rings. The second kappa shape index (κ2) is 5.83. The number of nitrogens with one attached hydrogen (secondary N) is 1. The third kappa shape index (κ3) is 3.74. The van der Waals surface area contributed by atoms with E-state index in [0.29, 0.717) is 12.1 Å². The fourth-order valence-corrected chi connectivity index (χ4v) is 2.02. The first kappa shape index (κ1) is 12.9. The van der Waals surface area contributed by atoms with Crippen LogP contribution in [-0.4, -0.2) is 37.5 Å². The lowest BCUT2D eigenvalue weighted by atomic mass is 9.88. The van der Waals surface area contributed by atoms with Gasteiger partial charge in [0, 0.05) is 31.7 Å². The van der Waals surface area contributed by atoms with Crippen LogP contribution in [-0.2, 0) is 4.74 Å². The summed E-state index contributed by atoms with van der Waals surface area (Å²) in [5.74, 6) is 0. The maximum absolute atomic E-state index is 9.29. The molecule has 90 valence electrons. The molecule has 3 nitrogen and oxygen atoms in total. The van der Waals surface area contributed by atoms with E-state index in [2.05, 4.69) is 19.2 Å². The number of hydrogen-bond acceptors (Lipinski definition) is 3. The minimum atomic E-state index is 0.0329. The number of aliphatic hydroxyl groups is 1. The van der Waals surface area contributed by atoms with E-state index in [-0.39, 0.29) is 12.0 Å². The summed E-state index contributed by atoms with van der Waals surface area (Å²) in [5.41, 5.74) is 0.0329. The van der Waals surface area contributed by atoms with Crippen molar-refractivity contribution >= 4 is 0 Å². The van der Waals surface area contributed by atoms with Gasteiger partial charge in [-0.25, -0.2) is 0 Å². The molecule has 0 aromatic carbocycles. The summed E-state index contributed by atoms with van der Waals surface area (Å²) in [6.07, 6.45) is 4.92. The topological polar surface area (TPSA) is 41.5 Å². The molecule has 0 aromatic heterocycles. The molecule has 1 aliphatic rings. The van der Waals surface area contributed by atoms with Crippen LogP contribution < -0.4 is 5.32 Å². The van der Waals surface area contributed by atoms with Gasteiger partial charge in [0.25, 0.3) is 0 Å². The van der Waals surface area contributed by atoms with Crippen molar-refractivity contribution in [2.75, 3.05) is 20.3 Å². The molecule has 1 saturated carbocycles. The summed E-state index contributed by atoms with van der Waals surface area (Å²) in [6.45, 7) is 5.42. The highest BCUT2D eigenvalue weighted by molar-refractivity contribution is 4.84. The van der Waals surface area contributed by atoms with Crippen molar-refractivity contribution in [3.05, 3.63) is 0 Å². The predicted molar refractivity (Wildman–Crippen MR) is 61.9 cm³/mol. The molecule has 0 amide bonds. The first-order valence-electron chi connectivity index (χ1n) is 6.00. The van der Waals surface area contributed by atoms with Crippen molar-refractivity contribution < 1.29 is 9.84 Å². The Hall–Kier alpha value is -0.120. The van der Waals surface area contributed by atoms with Gasteiger partial charge in [0.2, 0.25) is 0 Å². The highest BCUT2D eigenvalue weighted by Crippen LogP contribution is 2.24. The lowest BCUT2D eigenvalue weighted by Crippen LogP contribution is -2.39. The van der Waals surface area contributed by atoms with E-state index in [9.17, 15) is 5.11 Å². The molecular weight excluding hydrogens is 190 g/mol. The van der Waals surface area contributed by atoms with E-state index in [1.54, 1.807) is 7.11 Å². The number of aliphatic hydroxyl groups excluding tert-OH is 1. The van der Waals surface area contributed by atoms with Crippen molar-refractivity contribution in [1.82, 2.24) is 5.32 Å². The van der Waals surface area contributed by atoms with Crippen molar-refractivity contribution in [3.63, 3.8) is 0 Å². The fourth-order valence-electron chi connectivity index (χ4n) is 2.02. The number of rotatable bonds is 6. The number of hydrogen-bond donors (Lipinski definition) is 2. The molecule has 3 unspecified atom stereocenters. The average Bonchev–Trinajstić information content (AvgIpc) is 2.74. The summed E-state index contributed by atoms with van der Waals surface area (Å²) in [7, 11) is 1.79. The highest BCUT2D eigenvalue weighted by atomic mass is 16.5. The molecule has 0 bridgehead atoms. The zero-order chi connectivity index (χ0) is 11.3. The lowest BCUT2D eigenvalue weighted by molar-refractivity contribution is 0.104. The molecule has 3 atom stereocenters. The normalized spacial score (nSPS) is 30.4. The van der Waals surface area contributed by atoms with Crippen LogP contribution in [0.25, 0.3) is 0 Å². The third-order valence-electron chi connectivity index (χ3n) is 3.77. The fraction of sp³-hybridized carbons (Fsp3) is 1.00. The average molecular weight is 215 g/mol. The minimum Gasteiger partial charge on any atom is -0.396 e. The zero-order valence-corrected chi connectivity index (χ0v) is 10.3. The molecule has 0 radical (unpaired) electrons. The highest BCUT2D eigenvalue weighted by Gasteiger charge is 2.27. The van der Waals surface area contributed by atoms with Crippen molar-refractivity contribution in [2.45, 2.75) is 51.7 Å². The summed E-state index contributed by atoms with van der Waals surface area (Å²) >= 11 is 0. The van der Waals surface area contributed by atoms with Crippen LogP contribution in [0.2, 0.25) is 0 Å². The smallest absolute Gasteiger partial charge is 0.0586 e. The van der Waals surface area contributed by atoms with Gasteiger partial charge < -0.3 is 15.2 Å². The van der Waals surface area contributed by atoms with Gasteiger partial charge in [-0.05, 0) is 25.7 Å². The molecule has 0 aliphatic heterocycles. The van der Waals surface area contributed by atoms with Gasteiger partial charge in [-0.3, -0.25) is 0 Å². The first-order chi connectivity index (χ1) is 7.13. The molecular formula is C12H25NO2. The Balaban J connectivity index is 2.25. The van der Waals surface area contributed by atoms with E-state index in [1.165, 1.54) is 6.42 Å². The molecule has 3 heteroatoms. The Labute approximate surface area is 93.2 Å². The molecule has 1 fully saturated rings. The minimum absolute atomic E-state index is 0.0329. The molecule has 1 aliphatic carbocycles. The van der Waals surface area contributed by atoms with Crippen molar-refractivity contribution in [1.29, 1.82) is 0 Å². The second-order valence-corrected chi connectivity index (χ2v) is 5.07. The van der Waals surface area contributed by atoms with Crippen molar-refractivity contribution in [2.24, 2.45) is 5.41 Å². The largest absolute Gasteiger partial charge is 0.396 e. The van der Waals surface area contributed by atoms with Crippen LogP contribution in [0.4, 0.5) is 0 Å². The van der Waals surface area contributed by atoms with Crippen molar-refractivity contribution in [3.8, 4) is 0 Å². The second-order valence-electron chi connectivity index (χ2n) is 5.07. The maximum Gasteiger partial charge on any atom is 0.0586 e. The SMILES string of the molecule is CCC(C)(CO)CNC1CCC(OC)C1. The molecule has 0 heterocycles. The predicted octanol–water partition coefficient (Wildman–Crippen LogP) is 1.55. The molecule has 0 saturated heterocycles. The van der Waals surface area contributed by atoms with Gasteiger partial charge in [-0.15, -0.1) is 0 Å². The van der Waals surface area contributed by atoms with Crippen LogP contribution in [0, 0.1) is 5.41 Å². The zero-order valence-electron chi connectivity index (χ0n) is 10.3. The Morgan fingerprint density at radius 2 is 2.20 bits per heavy atom. The Morgan fingerprint density at radius 1 is 1.47 bits per heavy atom. The maximum atomic E-state index is 9.29. The van der Waals surface area contributed by atoms with Gasteiger partial charge in [0.1, 0.15) is 0 Å². The first-order valence-corrected chi connectivity index (χ1v) is 6.00. The van der Waals surface area contributed by atoms with Crippen LogP contribution in [0.15, 0.2) is 0 Å².